The van der Waals surface area contributed by atoms with Crippen LogP contribution in [0.1, 0.15) is 20.3 Å². The maximum atomic E-state index is 14.4. The zero-order valence-corrected chi connectivity index (χ0v) is 14.7. The van der Waals surface area contributed by atoms with Crippen molar-refractivity contribution in [2.75, 3.05) is 18.0 Å². The Morgan fingerprint density at radius 1 is 1.31 bits per heavy atom. The van der Waals surface area contributed by atoms with E-state index in [-0.39, 0.29) is 11.1 Å². The van der Waals surface area contributed by atoms with Crippen LogP contribution < -0.4 is 4.90 Å². The topological polar surface area (TPSA) is 81.5 Å². The molecular weight excluding hydrogens is 331 g/mol. The zero-order valence-electron chi connectivity index (χ0n) is 14.7. The molecule has 0 spiro atoms. The van der Waals surface area contributed by atoms with Gasteiger partial charge in [-0.1, -0.05) is 13.8 Å². The third-order valence-electron chi connectivity index (χ3n) is 4.74. The Morgan fingerprint density at radius 2 is 2.12 bits per heavy atom. The number of fused-ring (bicyclic) bond motifs is 1. The van der Waals surface area contributed by atoms with Crippen molar-refractivity contribution in [3.8, 4) is 17.5 Å². The average Bonchev–Trinajstić information content (AvgIpc) is 3.02. The second-order valence-corrected chi connectivity index (χ2v) is 7.32. The molecule has 6 nitrogen and oxygen atoms in total. The number of H-pyrrole nitrogens is 1. The first kappa shape index (κ1) is 16.5. The molecule has 4 heterocycles. The molecule has 3 aromatic rings. The van der Waals surface area contributed by atoms with Crippen molar-refractivity contribution < 1.29 is 4.39 Å². The minimum Gasteiger partial charge on any atom is -0.353 e. The minimum atomic E-state index is -0.430. The normalized spacial score (nSPS) is 15.9. The van der Waals surface area contributed by atoms with E-state index < -0.39 is 5.82 Å². The lowest BCUT2D eigenvalue weighted by molar-refractivity contribution is 0.244. The van der Waals surface area contributed by atoms with Gasteiger partial charge in [0.15, 0.2) is 11.5 Å². The summed E-state index contributed by atoms with van der Waals surface area (Å²) in [5.74, 6) is 0.688. The molecule has 1 saturated heterocycles. The summed E-state index contributed by atoms with van der Waals surface area (Å²) in [5.41, 5.74) is 0.896. The second kappa shape index (κ2) is 6.06. The Morgan fingerprint density at radius 3 is 2.85 bits per heavy atom. The number of pyridine rings is 2. The van der Waals surface area contributed by atoms with Gasteiger partial charge in [0.25, 0.3) is 0 Å². The van der Waals surface area contributed by atoms with Crippen molar-refractivity contribution in [3.63, 3.8) is 0 Å². The molecule has 1 N–H and O–H groups in total. The van der Waals surface area contributed by atoms with Crippen molar-refractivity contribution in [1.29, 1.82) is 5.26 Å². The van der Waals surface area contributed by atoms with Gasteiger partial charge in [0.05, 0.1) is 11.5 Å². The molecule has 1 aliphatic heterocycles. The highest BCUT2D eigenvalue weighted by molar-refractivity contribution is 5.89. The number of aromatic amines is 1. The fraction of sp³-hybridized carbons (Fsp3) is 0.368. The molecule has 7 heteroatoms. The fourth-order valence-electron chi connectivity index (χ4n) is 3.68. The Balaban J connectivity index is 1.65. The smallest absolute Gasteiger partial charge is 0.155 e. The van der Waals surface area contributed by atoms with Gasteiger partial charge in [0.2, 0.25) is 0 Å². The summed E-state index contributed by atoms with van der Waals surface area (Å²) in [7, 11) is 0. The van der Waals surface area contributed by atoms with E-state index in [0.717, 1.165) is 11.8 Å². The number of anilines is 1. The Kier molecular flexibility index (Phi) is 3.83. The predicted molar refractivity (Wildman–Crippen MR) is 96.8 cm³/mol. The van der Waals surface area contributed by atoms with Crippen LogP contribution in [0, 0.1) is 28.5 Å². The highest BCUT2D eigenvalue weighted by Crippen LogP contribution is 2.39. The van der Waals surface area contributed by atoms with E-state index in [0.29, 0.717) is 36.2 Å². The number of halogens is 1. The highest BCUT2D eigenvalue weighted by atomic mass is 19.1. The number of hydrogen-bond acceptors (Lipinski definition) is 5. The van der Waals surface area contributed by atoms with Gasteiger partial charge in [-0.15, -0.1) is 0 Å². The molecule has 1 fully saturated rings. The van der Waals surface area contributed by atoms with Gasteiger partial charge in [-0.05, 0) is 36.6 Å². The molecule has 132 valence electrons. The molecule has 26 heavy (non-hydrogen) atoms. The second-order valence-electron chi connectivity index (χ2n) is 7.32. The number of nitriles is 1. The molecule has 0 atom stereocenters. The van der Waals surface area contributed by atoms with Crippen LogP contribution in [0.15, 0.2) is 30.5 Å². The number of rotatable bonds is 4. The van der Waals surface area contributed by atoms with Crippen molar-refractivity contribution in [2.45, 2.75) is 20.3 Å². The molecule has 4 rings (SSSR count). The Hall–Kier alpha value is -3.01. The van der Waals surface area contributed by atoms with E-state index in [4.69, 9.17) is 0 Å². The number of nitrogens with zero attached hydrogens (tertiary/aromatic N) is 5. The third kappa shape index (κ3) is 2.68. The van der Waals surface area contributed by atoms with Gasteiger partial charge >= 0.3 is 0 Å². The predicted octanol–water partition coefficient (Wildman–Crippen LogP) is 3.54. The van der Waals surface area contributed by atoms with E-state index >= 15 is 0 Å². The highest BCUT2D eigenvalue weighted by Gasteiger charge is 2.44. The van der Waals surface area contributed by atoms with E-state index in [9.17, 15) is 9.65 Å². The third-order valence-corrected chi connectivity index (χ3v) is 4.74. The largest absolute Gasteiger partial charge is 0.353 e. The first-order valence-corrected chi connectivity index (χ1v) is 8.63. The van der Waals surface area contributed by atoms with Crippen LogP contribution in [0.2, 0.25) is 0 Å². The van der Waals surface area contributed by atoms with Crippen LogP contribution in [-0.2, 0) is 0 Å². The van der Waals surface area contributed by atoms with Crippen LogP contribution in [0.25, 0.3) is 22.4 Å². The van der Waals surface area contributed by atoms with Crippen LogP contribution in [0.4, 0.5) is 10.2 Å². The molecule has 0 saturated carbocycles. The molecule has 0 aromatic carbocycles. The van der Waals surface area contributed by atoms with Crippen molar-refractivity contribution in [1.82, 2.24) is 20.2 Å². The monoisotopic (exact) mass is 350 g/mol. The quantitative estimate of drug-likeness (QED) is 0.778. The SMILES string of the molecule is CC(C)CC1(C#N)CN(c2ccc(F)c(-c3n[nH]c4ncccc34)n2)C1. The summed E-state index contributed by atoms with van der Waals surface area (Å²) in [6.45, 7) is 5.46. The van der Waals surface area contributed by atoms with E-state index in [1.165, 1.54) is 6.07 Å². The maximum Gasteiger partial charge on any atom is 0.155 e. The summed E-state index contributed by atoms with van der Waals surface area (Å²) >= 11 is 0. The van der Waals surface area contributed by atoms with Gasteiger partial charge in [-0.25, -0.2) is 14.4 Å². The molecule has 0 amide bonds. The van der Waals surface area contributed by atoms with Gasteiger partial charge in [0.1, 0.15) is 17.2 Å². The van der Waals surface area contributed by atoms with Gasteiger partial charge in [-0.2, -0.15) is 10.4 Å². The van der Waals surface area contributed by atoms with Crippen LogP contribution in [0.3, 0.4) is 0 Å². The Bertz CT molecular complexity index is 997. The average molecular weight is 350 g/mol. The fourth-order valence-corrected chi connectivity index (χ4v) is 3.68. The Labute approximate surface area is 150 Å². The molecular formula is C19H19FN6. The van der Waals surface area contributed by atoms with Crippen molar-refractivity contribution in [3.05, 3.63) is 36.3 Å². The van der Waals surface area contributed by atoms with Crippen LogP contribution in [-0.4, -0.2) is 33.3 Å². The van der Waals surface area contributed by atoms with Crippen LogP contribution >= 0.6 is 0 Å². The maximum absolute atomic E-state index is 14.4. The number of nitrogens with one attached hydrogen (secondary N) is 1. The molecule has 0 bridgehead atoms. The van der Waals surface area contributed by atoms with E-state index in [2.05, 4.69) is 40.1 Å². The summed E-state index contributed by atoms with van der Waals surface area (Å²) in [6, 6.07) is 9.13. The summed E-state index contributed by atoms with van der Waals surface area (Å²) < 4.78 is 14.4. The van der Waals surface area contributed by atoms with Gasteiger partial charge in [-0.3, -0.25) is 5.10 Å². The number of hydrogen-bond donors (Lipinski definition) is 1. The van der Waals surface area contributed by atoms with Gasteiger partial charge in [0, 0.05) is 24.7 Å². The zero-order chi connectivity index (χ0) is 18.3. The lowest BCUT2D eigenvalue weighted by Crippen LogP contribution is -2.56. The molecule has 3 aromatic heterocycles. The number of aromatic nitrogens is 4. The molecule has 1 aliphatic rings. The first-order chi connectivity index (χ1) is 12.5. The summed E-state index contributed by atoms with van der Waals surface area (Å²) in [6.07, 6.45) is 2.50. The van der Waals surface area contributed by atoms with Crippen LogP contribution in [0.5, 0.6) is 0 Å². The molecule has 0 aliphatic carbocycles. The standard InChI is InChI=1S/C19H19FN6/c1-12(2)8-19(9-21)10-26(11-19)15-6-5-14(20)17(23-15)16-13-4-3-7-22-18(13)25-24-16/h3-7,12H,8,10-11H2,1-2H3,(H,22,24,25). The van der Waals surface area contributed by atoms with E-state index in [1.54, 1.807) is 18.3 Å². The van der Waals surface area contributed by atoms with E-state index in [1.807, 2.05) is 11.0 Å². The molecule has 0 unspecified atom stereocenters. The molecule has 0 radical (unpaired) electrons. The van der Waals surface area contributed by atoms with Gasteiger partial charge < -0.3 is 4.90 Å². The van der Waals surface area contributed by atoms with Crippen molar-refractivity contribution in [2.24, 2.45) is 11.3 Å². The summed E-state index contributed by atoms with van der Waals surface area (Å²) in [5, 5.41) is 17.3. The minimum absolute atomic E-state index is 0.195. The van der Waals surface area contributed by atoms with Crippen molar-refractivity contribution >= 4 is 16.9 Å². The first-order valence-electron chi connectivity index (χ1n) is 8.63. The lowest BCUT2D eigenvalue weighted by Gasteiger charge is -2.47. The lowest BCUT2D eigenvalue weighted by atomic mass is 9.75. The summed E-state index contributed by atoms with van der Waals surface area (Å²) in [4.78, 5) is 10.7.